The van der Waals surface area contributed by atoms with Crippen LogP contribution in [0, 0.1) is 5.82 Å². The molecule has 0 bridgehead atoms. The molecule has 1 unspecified atom stereocenters. The molecule has 0 spiro atoms. The maximum absolute atomic E-state index is 12.9. The number of rotatable bonds is 4. The van der Waals surface area contributed by atoms with E-state index in [2.05, 4.69) is 9.97 Å². The predicted molar refractivity (Wildman–Crippen MR) is 68.1 cm³/mol. The zero-order valence-electron chi connectivity index (χ0n) is 10.4. The highest BCUT2D eigenvalue weighted by molar-refractivity contribution is 5.75. The van der Waals surface area contributed by atoms with E-state index in [9.17, 15) is 9.18 Å². The van der Waals surface area contributed by atoms with Gasteiger partial charge >= 0.3 is 5.97 Å². The van der Waals surface area contributed by atoms with Crippen molar-refractivity contribution < 1.29 is 14.3 Å². The molecule has 0 aliphatic heterocycles. The van der Waals surface area contributed by atoms with Gasteiger partial charge in [0.05, 0.1) is 5.69 Å². The second-order valence-electron chi connectivity index (χ2n) is 4.11. The number of aliphatic carboxylic acids is 1. The molecule has 4 nitrogen and oxygen atoms in total. The Morgan fingerprint density at radius 3 is 2.58 bits per heavy atom. The summed E-state index contributed by atoms with van der Waals surface area (Å²) in [4.78, 5) is 19.4. The highest BCUT2D eigenvalue weighted by atomic mass is 19.1. The molecule has 1 N–H and O–H groups in total. The van der Waals surface area contributed by atoms with Crippen LogP contribution < -0.4 is 0 Å². The van der Waals surface area contributed by atoms with Crippen molar-refractivity contribution in [1.82, 2.24) is 9.97 Å². The number of hydrogen-bond donors (Lipinski definition) is 1. The van der Waals surface area contributed by atoms with Gasteiger partial charge in [0.1, 0.15) is 17.6 Å². The van der Waals surface area contributed by atoms with E-state index in [1.807, 2.05) is 0 Å². The van der Waals surface area contributed by atoms with Crippen LogP contribution in [-0.2, 0) is 4.79 Å². The lowest BCUT2D eigenvalue weighted by atomic mass is 10.1. The number of benzene rings is 1. The smallest absolute Gasteiger partial charge is 0.314 e. The van der Waals surface area contributed by atoms with E-state index in [1.54, 1.807) is 25.1 Å². The molecule has 1 aromatic heterocycles. The van der Waals surface area contributed by atoms with Gasteiger partial charge in [0, 0.05) is 11.8 Å². The molecule has 1 aromatic carbocycles. The summed E-state index contributed by atoms with van der Waals surface area (Å²) in [7, 11) is 0. The lowest BCUT2D eigenvalue weighted by molar-refractivity contribution is -0.139. The quantitative estimate of drug-likeness (QED) is 0.918. The molecule has 0 saturated heterocycles. The van der Waals surface area contributed by atoms with E-state index < -0.39 is 11.9 Å². The van der Waals surface area contributed by atoms with Crippen molar-refractivity contribution in [3.05, 3.63) is 48.2 Å². The minimum absolute atomic E-state index is 0.275. The summed E-state index contributed by atoms with van der Waals surface area (Å²) < 4.78 is 12.9. The first-order valence-corrected chi connectivity index (χ1v) is 5.93. The Morgan fingerprint density at radius 2 is 2.00 bits per heavy atom. The molecule has 2 aromatic rings. The van der Waals surface area contributed by atoms with E-state index in [0.717, 1.165) is 5.56 Å². The first kappa shape index (κ1) is 13.1. The van der Waals surface area contributed by atoms with Gasteiger partial charge in [-0.05, 0) is 36.8 Å². The SMILES string of the molecule is CCC(C(=O)O)c1nccc(-c2ccc(F)cc2)n1. The fraction of sp³-hybridized carbons (Fsp3) is 0.214. The normalized spacial score (nSPS) is 12.1. The highest BCUT2D eigenvalue weighted by Crippen LogP contribution is 2.21. The van der Waals surface area contributed by atoms with E-state index in [1.165, 1.54) is 18.3 Å². The van der Waals surface area contributed by atoms with Crippen molar-refractivity contribution in [2.24, 2.45) is 0 Å². The number of hydrogen-bond acceptors (Lipinski definition) is 3. The lowest BCUT2D eigenvalue weighted by Crippen LogP contribution is -2.14. The molecule has 0 amide bonds. The van der Waals surface area contributed by atoms with Crippen LogP contribution in [0.2, 0.25) is 0 Å². The van der Waals surface area contributed by atoms with Crippen LogP contribution in [0.5, 0.6) is 0 Å². The van der Waals surface area contributed by atoms with Gasteiger partial charge in [-0.2, -0.15) is 0 Å². The van der Waals surface area contributed by atoms with Crippen LogP contribution >= 0.6 is 0 Å². The van der Waals surface area contributed by atoms with Gasteiger partial charge in [-0.15, -0.1) is 0 Å². The molecule has 0 fully saturated rings. The van der Waals surface area contributed by atoms with Gasteiger partial charge < -0.3 is 5.11 Å². The zero-order chi connectivity index (χ0) is 13.8. The summed E-state index contributed by atoms with van der Waals surface area (Å²) in [6, 6.07) is 7.55. The monoisotopic (exact) mass is 260 g/mol. The van der Waals surface area contributed by atoms with Crippen LogP contribution in [0.3, 0.4) is 0 Å². The first-order chi connectivity index (χ1) is 9.11. The van der Waals surface area contributed by atoms with Crippen LogP contribution in [0.15, 0.2) is 36.5 Å². The van der Waals surface area contributed by atoms with Crippen LogP contribution in [0.25, 0.3) is 11.3 Å². The number of carboxylic acid groups (broad SMARTS) is 1. The van der Waals surface area contributed by atoms with E-state index in [-0.39, 0.29) is 11.6 Å². The fourth-order valence-corrected chi connectivity index (χ4v) is 1.79. The molecular formula is C14H13FN2O2. The Bertz CT molecular complexity index is 584. The molecule has 2 rings (SSSR count). The lowest BCUT2D eigenvalue weighted by Gasteiger charge is -2.09. The Labute approximate surface area is 110 Å². The molecule has 98 valence electrons. The van der Waals surface area contributed by atoms with Gasteiger partial charge in [-0.3, -0.25) is 4.79 Å². The Balaban J connectivity index is 2.38. The molecule has 19 heavy (non-hydrogen) atoms. The van der Waals surface area contributed by atoms with Crippen molar-refractivity contribution in [1.29, 1.82) is 0 Å². The molecular weight excluding hydrogens is 247 g/mol. The van der Waals surface area contributed by atoms with Gasteiger partial charge in [-0.1, -0.05) is 6.92 Å². The van der Waals surface area contributed by atoms with E-state index in [0.29, 0.717) is 12.1 Å². The molecule has 1 heterocycles. The van der Waals surface area contributed by atoms with Crippen molar-refractivity contribution >= 4 is 5.97 Å². The number of carboxylic acids is 1. The number of halogens is 1. The van der Waals surface area contributed by atoms with Crippen molar-refractivity contribution in [2.75, 3.05) is 0 Å². The Kier molecular flexibility index (Phi) is 3.85. The predicted octanol–water partition coefficient (Wildman–Crippen LogP) is 2.86. The minimum atomic E-state index is -0.946. The average Bonchev–Trinajstić information content (AvgIpc) is 2.40. The van der Waals surface area contributed by atoms with Crippen molar-refractivity contribution in [3.8, 4) is 11.3 Å². The number of nitrogens with zero attached hydrogens (tertiary/aromatic N) is 2. The average molecular weight is 260 g/mol. The van der Waals surface area contributed by atoms with Gasteiger partial charge in [0.15, 0.2) is 0 Å². The number of aromatic nitrogens is 2. The summed E-state index contributed by atoms with van der Waals surface area (Å²) in [6.45, 7) is 1.77. The molecule has 0 aliphatic rings. The summed E-state index contributed by atoms with van der Waals surface area (Å²) in [5.74, 6) is -1.72. The summed E-state index contributed by atoms with van der Waals surface area (Å²) in [6.07, 6.45) is 1.94. The minimum Gasteiger partial charge on any atom is -0.481 e. The molecule has 5 heteroatoms. The Morgan fingerprint density at radius 1 is 1.32 bits per heavy atom. The largest absolute Gasteiger partial charge is 0.481 e. The maximum atomic E-state index is 12.9. The molecule has 0 aliphatic carbocycles. The molecule has 0 saturated carbocycles. The topological polar surface area (TPSA) is 63.1 Å². The second kappa shape index (κ2) is 5.56. The van der Waals surface area contributed by atoms with E-state index >= 15 is 0 Å². The standard InChI is InChI=1S/C14H13FN2O2/c1-2-11(14(18)19)13-16-8-7-12(17-13)9-3-5-10(15)6-4-9/h3-8,11H,2H2,1H3,(H,18,19). The third kappa shape index (κ3) is 2.93. The molecule has 0 radical (unpaired) electrons. The zero-order valence-corrected chi connectivity index (χ0v) is 10.4. The molecule has 1 atom stereocenters. The second-order valence-corrected chi connectivity index (χ2v) is 4.11. The third-order valence-corrected chi connectivity index (χ3v) is 2.83. The number of carbonyl (C=O) groups is 1. The fourth-order valence-electron chi connectivity index (χ4n) is 1.79. The van der Waals surface area contributed by atoms with Crippen molar-refractivity contribution in [3.63, 3.8) is 0 Å². The first-order valence-electron chi connectivity index (χ1n) is 5.93. The summed E-state index contributed by atoms with van der Waals surface area (Å²) >= 11 is 0. The van der Waals surface area contributed by atoms with Crippen LogP contribution in [0.1, 0.15) is 25.1 Å². The van der Waals surface area contributed by atoms with Crippen LogP contribution in [-0.4, -0.2) is 21.0 Å². The highest BCUT2D eigenvalue weighted by Gasteiger charge is 2.20. The van der Waals surface area contributed by atoms with Crippen LogP contribution in [0.4, 0.5) is 4.39 Å². The van der Waals surface area contributed by atoms with E-state index in [4.69, 9.17) is 5.11 Å². The van der Waals surface area contributed by atoms with Gasteiger partial charge in [0.25, 0.3) is 0 Å². The Hall–Kier alpha value is -2.30. The summed E-state index contributed by atoms with van der Waals surface area (Å²) in [5.41, 5.74) is 1.31. The summed E-state index contributed by atoms with van der Waals surface area (Å²) in [5, 5.41) is 9.09. The van der Waals surface area contributed by atoms with Gasteiger partial charge in [-0.25, -0.2) is 14.4 Å². The van der Waals surface area contributed by atoms with Gasteiger partial charge in [0.2, 0.25) is 0 Å². The third-order valence-electron chi connectivity index (χ3n) is 2.83. The maximum Gasteiger partial charge on any atom is 0.314 e. The van der Waals surface area contributed by atoms with Crippen molar-refractivity contribution in [2.45, 2.75) is 19.3 Å².